The topological polar surface area (TPSA) is 47.4 Å². The zero-order chi connectivity index (χ0) is 21.9. The monoisotopic (exact) mass is 411 g/mol. The van der Waals surface area contributed by atoms with Gasteiger partial charge in [0, 0.05) is 31.8 Å². The van der Waals surface area contributed by atoms with Crippen molar-refractivity contribution in [2.75, 3.05) is 13.7 Å². The summed E-state index contributed by atoms with van der Waals surface area (Å²) >= 11 is 0. The smallest absolute Gasteiger partial charge is 0.226 e. The Hall–Kier alpha value is -2.30. The van der Waals surface area contributed by atoms with Crippen LogP contribution in [0.3, 0.4) is 0 Å². The molecule has 0 saturated carbocycles. The van der Waals surface area contributed by atoms with Gasteiger partial charge >= 0.3 is 0 Å². The van der Waals surface area contributed by atoms with E-state index in [1.165, 1.54) is 11.3 Å². The van der Waals surface area contributed by atoms with Gasteiger partial charge in [0.05, 0.1) is 25.0 Å². The van der Waals surface area contributed by atoms with Crippen molar-refractivity contribution in [1.29, 1.82) is 0 Å². The first-order valence-corrected chi connectivity index (χ1v) is 11.2. The molecule has 2 aromatic rings. The highest BCUT2D eigenvalue weighted by Crippen LogP contribution is 2.28. The lowest BCUT2D eigenvalue weighted by Crippen LogP contribution is -2.42. The summed E-state index contributed by atoms with van der Waals surface area (Å²) in [6.45, 7) is 13.3. The third kappa shape index (κ3) is 5.05. The van der Waals surface area contributed by atoms with Crippen molar-refractivity contribution in [2.45, 2.75) is 73.4 Å². The first-order chi connectivity index (χ1) is 14.3. The van der Waals surface area contributed by atoms with Crippen LogP contribution in [0.1, 0.15) is 70.2 Å². The fourth-order valence-corrected chi connectivity index (χ4v) is 4.29. The van der Waals surface area contributed by atoms with Crippen molar-refractivity contribution in [1.82, 2.24) is 14.5 Å². The number of benzene rings is 1. The molecule has 2 heterocycles. The van der Waals surface area contributed by atoms with Crippen LogP contribution in [-0.2, 0) is 30.7 Å². The van der Waals surface area contributed by atoms with Crippen molar-refractivity contribution < 1.29 is 9.53 Å². The molecule has 0 aliphatic carbocycles. The molecule has 1 amide bonds. The van der Waals surface area contributed by atoms with Gasteiger partial charge in [-0.05, 0) is 36.0 Å². The van der Waals surface area contributed by atoms with Crippen molar-refractivity contribution in [2.24, 2.45) is 11.3 Å². The summed E-state index contributed by atoms with van der Waals surface area (Å²) in [4.78, 5) is 20.2. The van der Waals surface area contributed by atoms with Crippen LogP contribution in [-0.4, -0.2) is 34.0 Å². The van der Waals surface area contributed by atoms with E-state index in [0.717, 1.165) is 56.0 Å². The van der Waals surface area contributed by atoms with Crippen molar-refractivity contribution in [3.05, 3.63) is 47.0 Å². The van der Waals surface area contributed by atoms with Gasteiger partial charge < -0.3 is 14.2 Å². The summed E-state index contributed by atoms with van der Waals surface area (Å²) in [5.41, 5.74) is 3.68. The Labute approximate surface area is 181 Å². The van der Waals surface area contributed by atoms with Gasteiger partial charge in [0.1, 0.15) is 11.6 Å². The molecular formula is C25H37N3O2. The molecule has 0 fully saturated rings. The normalized spacial score (nSPS) is 14.2. The molecule has 0 saturated heterocycles. The van der Waals surface area contributed by atoms with Crippen LogP contribution in [0.25, 0.3) is 0 Å². The number of carbonyl (C=O) groups is 1. The molecule has 5 heteroatoms. The van der Waals surface area contributed by atoms with Crippen LogP contribution < -0.4 is 4.74 Å². The molecule has 0 unspecified atom stereocenters. The van der Waals surface area contributed by atoms with Crippen LogP contribution in [0, 0.1) is 11.3 Å². The molecule has 1 aliphatic heterocycles. The summed E-state index contributed by atoms with van der Waals surface area (Å²) in [6, 6.07) is 8.20. The van der Waals surface area contributed by atoms with E-state index >= 15 is 0 Å². The maximum atomic E-state index is 13.0. The van der Waals surface area contributed by atoms with E-state index < -0.39 is 0 Å². The van der Waals surface area contributed by atoms with Crippen molar-refractivity contribution in [3.8, 4) is 5.75 Å². The molecular weight excluding hydrogens is 374 g/mol. The highest BCUT2D eigenvalue weighted by molar-refractivity contribution is 5.78. The number of methoxy groups -OCH3 is 1. The number of fused-ring (bicyclic) bond motifs is 1. The molecule has 164 valence electrons. The Kier molecular flexibility index (Phi) is 6.89. The SMILES string of the molecule is CCC(CC)C(=O)N1CCn2c(CC(C)(C)C)nc(Cc3ccc(OC)cc3)c2C1. The third-order valence-electron chi connectivity index (χ3n) is 6.03. The number of ether oxygens (including phenoxy) is 1. The van der Waals surface area contributed by atoms with E-state index in [4.69, 9.17) is 9.72 Å². The predicted molar refractivity (Wildman–Crippen MR) is 121 cm³/mol. The molecule has 1 aliphatic rings. The Bertz CT molecular complexity index is 858. The fraction of sp³-hybridized carbons (Fsp3) is 0.600. The molecule has 30 heavy (non-hydrogen) atoms. The van der Waals surface area contributed by atoms with Gasteiger partial charge in [-0.3, -0.25) is 4.79 Å². The van der Waals surface area contributed by atoms with Gasteiger partial charge in [0.2, 0.25) is 5.91 Å². The van der Waals surface area contributed by atoms with Crippen LogP contribution in [0.2, 0.25) is 0 Å². The standard InChI is InChI=1S/C25H37N3O2/c1-7-19(8-2)24(29)27-13-14-28-22(17-27)21(26-23(28)16-25(3,4)5)15-18-9-11-20(30-6)12-10-18/h9-12,19H,7-8,13-17H2,1-6H3. The second-order valence-electron chi connectivity index (χ2n) is 9.61. The highest BCUT2D eigenvalue weighted by atomic mass is 16.5. The maximum absolute atomic E-state index is 13.0. The Morgan fingerprint density at radius 1 is 1.13 bits per heavy atom. The van der Waals surface area contributed by atoms with Crippen LogP contribution >= 0.6 is 0 Å². The van der Waals surface area contributed by atoms with Crippen molar-refractivity contribution >= 4 is 5.91 Å². The number of aromatic nitrogens is 2. The summed E-state index contributed by atoms with van der Waals surface area (Å²) < 4.78 is 7.66. The number of nitrogens with zero attached hydrogens (tertiary/aromatic N) is 3. The number of hydrogen-bond acceptors (Lipinski definition) is 3. The highest BCUT2D eigenvalue weighted by Gasteiger charge is 2.30. The number of carbonyl (C=O) groups excluding carboxylic acids is 1. The Morgan fingerprint density at radius 2 is 1.80 bits per heavy atom. The van der Waals surface area contributed by atoms with Gasteiger partial charge in [-0.1, -0.05) is 46.8 Å². The van der Waals surface area contributed by atoms with E-state index in [2.05, 4.69) is 51.3 Å². The van der Waals surface area contributed by atoms with E-state index in [0.29, 0.717) is 12.5 Å². The van der Waals surface area contributed by atoms with E-state index in [1.54, 1.807) is 7.11 Å². The maximum Gasteiger partial charge on any atom is 0.226 e. The number of amides is 1. The van der Waals surface area contributed by atoms with Crippen LogP contribution in [0.15, 0.2) is 24.3 Å². The summed E-state index contributed by atoms with van der Waals surface area (Å²) in [6.07, 6.45) is 3.51. The molecule has 0 N–H and O–H groups in total. The molecule has 1 aromatic carbocycles. The zero-order valence-electron chi connectivity index (χ0n) is 19.5. The second kappa shape index (κ2) is 9.23. The lowest BCUT2D eigenvalue weighted by atomic mass is 9.92. The minimum atomic E-state index is 0.124. The van der Waals surface area contributed by atoms with Gasteiger partial charge in [0.15, 0.2) is 0 Å². The molecule has 3 rings (SSSR count). The molecule has 1 aromatic heterocycles. The Balaban J connectivity index is 1.91. The largest absolute Gasteiger partial charge is 0.497 e. The summed E-state index contributed by atoms with van der Waals surface area (Å²) in [5.74, 6) is 2.43. The van der Waals surface area contributed by atoms with Gasteiger partial charge in [-0.2, -0.15) is 0 Å². The third-order valence-corrected chi connectivity index (χ3v) is 6.03. The molecule has 0 radical (unpaired) electrons. The molecule has 5 nitrogen and oxygen atoms in total. The van der Waals surface area contributed by atoms with E-state index in [9.17, 15) is 4.79 Å². The molecule has 0 bridgehead atoms. The zero-order valence-corrected chi connectivity index (χ0v) is 19.5. The van der Waals surface area contributed by atoms with E-state index in [-0.39, 0.29) is 11.3 Å². The number of hydrogen-bond donors (Lipinski definition) is 0. The van der Waals surface area contributed by atoms with Crippen LogP contribution in [0.4, 0.5) is 0 Å². The minimum Gasteiger partial charge on any atom is -0.497 e. The quantitative estimate of drug-likeness (QED) is 0.654. The van der Waals surface area contributed by atoms with E-state index in [1.807, 2.05) is 17.0 Å². The number of imidazole rings is 1. The fourth-order valence-electron chi connectivity index (χ4n) is 4.29. The lowest BCUT2D eigenvalue weighted by Gasteiger charge is -2.32. The summed E-state index contributed by atoms with van der Waals surface area (Å²) in [7, 11) is 1.69. The molecule has 0 atom stereocenters. The average molecular weight is 412 g/mol. The van der Waals surface area contributed by atoms with Gasteiger partial charge in [0.25, 0.3) is 0 Å². The van der Waals surface area contributed by atoms with Gasteiger partial charge in [-0.25, -0.2) is 4.98 Å². The summed E-state index contributed by atoms with van der Waals surface area (Å²) in [5, 5.41) is 0. The first kappa shape index (κ1) is 22.4. The minimum absolute atomic E-state index is 0.124. The number of rotatable bonds is 7. The predicted octanol–water partition coefficient (Wildman–Crippen LogP) is 4.85. The molecule has 0 spiro atoms. The first-order valence-electron chi connectivity index (χ1n) is 11.2. The lowest BCUT2D eigenvalue weighted by molar-refractivity contribution is -0.137. The van der Waals surface area contributed by atoms with Crippen LogP contribution in [0.5, 0.6) is 5.75 Å². The van der Waals surface area contributed by atoms with Gasteiger partial charge in [-0.15, -0.1) is 0 Å². The van der Waals surface area contributed by atoms with Crippen molar-refractivity contribution in [3.63, 3.8) is 0 Å². The Morgan fingerprint density at radius 3 is 2.37 bits per heavy atom. The second-order valence-corrected chi connectivity index (χ2v) is 9.61. The average Bonchev–Trinajstić information content (AvgIpc) is 3.04.